The molecule has 19 heavy (non-hydrogen) atoms. The largest absolute Gasteiger partial charge is 0.321 e. The van der Waals surface area contributed by atoms with Crippen LogP contribution in [0.25, 0.3) is 0 Å². The molecule has 0 bridgehead atoms. The summed E-state index contributed by atoms with van der Waals surface area (Å²) in [5.41, 5.74) is 0.373. The second-order valence-corrected chi connectivity index (χ2v) is 3.82. The Balaban J connectivity index is 2.20. The monoisotopic (exact) mass is 258 g/mol. The van der Waals surface area contributed by atoms with Gasteiger partial charge in [0.15, 0.2) is 23.0 Å². The minimum absolute atomic E-state index is 0.0298. The molecule has 0 aliphatic carbocycles. The lowest BCUT2D eigenvalue weighted by molar-refractivity contribution is 0.494. The van der Waals surface area contributed by atoms with Gasteiger partial charge in [-0.15, -0.1) is 0 Å². The second-order valence-electron chi connectivity index (χ2n) is 3.82. The molecule has 0 fully saturated rings. The number of nitrogens with zero attached hydrogens (tertiary/aromatic N) is 4. The van der Waals surface area contributed by atoms with E-state index >= 15 is 0 Å². The van der Waals surface area contributed by atoms with Crippen molar-refractivity contribution < 1.29 is 8.78 Å². The lowest BCUT2D eigenvalue weighted by Gasteiger charge is -2.05. The van der Waals surface area contributed by atoms with E-state index in [2.05, 4.69) is 4.98 Å². The minimum atomic E-state index is -0.902. The molecule has 1 aromatic heterocycles. The predicted octanol–water partition coefficient (Wildman–Crippen LogP) is 2.15. The lowest BCUT2D eigenvalue weighted by atomic mass is 10.1. The van der Waals surface area contributed by atoms with E-state index < -0.39 is 11.6 Å². The van der Waals surface area contributed by atoms with Gasteiger partial charge in [0.25, 0.3) is 0 Å². The minimum Gasteiger partial charge on any atom is -0.321 e. The zero-order chi connectivity index (χ0) is 13.8. The molecule has 6 heteroatoms. The van der Waals surface area contributed by atoms with Gasteiger partial charge >= 0.3 is 0 Å². The van der Waals surface area contributed by atoms with Crippen LogP contribution in [0.3, 0.4) is 0 Å². The van der Waals surface area contributed by atoms with E-state index in [0.717, 1.165) is 6.07 Å². The first-order valence-electron chi connectivity index (χ1n) is 5.45. The van der Waals surface area contributed by atoms with Gasteiger partial charge in [0.1, 0.15) is 12.1 Å². The lowest BCUT2D eigenvalue weighted by Crippen LogP contribution is -2.05. The number of benzene rings is 1. The summed E-state index contributed by atoms with van der Waals surface area (Å²) in [5.74, 6) is -1.79. The van der Waals surface area contributed by atoms with E-state index in [1.165, 1.54) is 23.0 Å². The van der Waals surface area contributed by atoms with Crippen LogP contribution < -0.4 is 0 Å². The Morgan fingerprint density at radius 1 is 1.21 bits per heavy atom. The molecule has 2 rings (SSSR count). The molecule has 1 aromatic carbocycles. The molecule has 0 aliphatic heterocycles. The third kappa shape index (κ3) is 2.43. The van der Waals surface area contributed by atoms with Crippen LogP contribution in [-0.4, -0.2) is 9.55 Å². The Bertz CT molecular complexity index is 692. The zero-order valence-electron chi connectivity index (χ0n) is 9.77. The summed E-state index contributed by atoms with van der Waals surface area (Å²) in [5, 5.41) is 17.7. The number of halogens is 2. The fourth-order valence-electron chi connectivity index (χ4n) is 1.73. The van der Waals surface area contributed by atoms with Gasteiger partial charge in [-0.1, -0.05) is 12.1 Å². The summed E-state index contributed by atoms with van der Waals surface area (Å²) in [6.45, 7) is 0.248. The van der Waals surface area contributed by atoms with Crippen LogP contribution in [0.2, 0.25) is 0 Å². The molecule has 1 heterocycles. The molecular weight excluding hydrogens is 250 g/mol. The smallest absolute Gasteiger partial charge is 0.176 e. The van der Waals surface area contributed by atoms with Gasteiger partial charge in [0.2, 0.25) is 0 Å². The van der Waals surface area contributed by atoms with Crippen LogP contribution in [0.15, 0.2) is 24.5 Å². The summed E-state index contributed by atoms with van der Waals surface area (Å²) in [6, 6.07) is 7.61. The summed E-state index contributed by atoms with van der Waals surface area (Å²) >= 11 is 0. The summed E-state index contributed by atoms with van der Waals surface area (Å²) in [6.07, 6.45) is 1.55. The topological polar surface area (TPSA) is 65.4 Å². The standard InChI is InChI=1S/C13H8F2N4/c14-10-3-1-2-9(13(10)15)4-5-19-8-18-11(6-16)12(19)7-17/h1-3,8H,4-5H2. The van der Waals surface area contributed by atoms with Crippen LogP contribution in [0.5, 0.6) is 0 Å². The number of nitriles is 2. The maximum atomic E-state index is 13.4. The van der Waals surface area contributed by atoms with Crippen molar-refractivity contribution in [1.29, 1.82) is 10.5 Å². The van der Waals surface area contributed by atoms with E-state index in [1.807, 2.05) is 6.07 Å². The summed E-state index contributed by atoms with van der Waals surface area (Å²) in [7, 11) is 0. The van der Waals surface area contributed by atoms with Crippen molar-refractivity contribution in [3.8, 4) is 12.1 Å². The molecular formula is C13H8F2N4. The molecule has 0 saturated carbocycles. The normalized spacial score (nSPS) is 9.89. The molecule has 0 amide bonds. The fraction of sp³-hybridized carbons (Fsp3) is 0.154. The molecule has 94 valence electrons. The van der Waals surface area contributed by atoms with Crippen molar-refractivity contribution in [1.82, 2.24) is 9.55 Å². The Morgan fingerprint density at radius 3 is 2.68 bits per heavy atom. The van der Waals surface area contributed by atoms with Crippen molar-refractivity contribution in [3.63, 3.8) is 0 Å². The Morgan fingerprint density at radius 2 is 2.00 bits per heavy atom. The SMILES string of the molecule is N#Cc1ncn(CCc2cccc(F)c2F)c1C#N. The maximum absolute atomic E-state index is 13.4. The summed E-state index contributed by atoms with van der Waals surface area (Å²) in [4.78, 5) is 3.77. The third-order valence-corrected chi connectivity index (χ3v) is 2.70. The summed E-state index contributed by atoms with van der Waals surface area (Å²) < 4.78 is 27.9. The molecule has 0 N–H and O–H groups in total. The molecule has 2 aromatic rings. The van der Waals surface area contributed by atoms with Crippen molar-refractivity contribution in [2.24, 2.45) is 0 Å². The Hall–Kier alpha value is -2.73. The van der Waals surface area contributed by atoms with E-state index in [9.17, 15) is 8.78 Å². The highest BCUT2D eigenvalue weighted by atomic mass is 19.2. The third-order valence-electron chi connectivity index (χ3n) is 2.70. The van der Waals surface area contributed by atoms with E-state index in [4.69, 9.17) is 10.5 Å². The van der Waals surface area contributed by atoms with Gasteiger partial charge in [-0.05, 0) is 18.1 Å². The van der Waals surface area contributed by atoms with Crippen molar-refractivity contribution in [3.05, 3.63) is 53.1 Å². The van der Waals surface area contributed by atoms with E-state index in [-0.39, 0.29) is 29.9 Å². The zero-order valence-corrected chi connectivity index (χ0v) is 9.77. The van der Waals surface area contributed by atoms with Crippen molar-refractivity contribution in [2.75, 3.05) is 0 Å². The average Bonchev–Trinajstić information content (AvgIpc) is 2.82. The van der Waals surface area contributed by atoms with Gasteiger partial charge in [-0.25, -0.2) is 13.8 Å². The molecule has 0 unspecified atom stereocenters. The van der Waals surface area contributed by atoms with Gasteiger partial charge in [0.05, 0.1) is 6.33 Å². The number of aromatic nitrogens is 2. The van der Waals surface area contributed by atoms with Crippen molar-refractivity contribution >= 4 is 0 Å². The molecule has 4 nitrogen and oxygen atoms in total. The average molecular weight is 258 g/mol. The molecule has 0 radical (unpaired) electrons. The highest BCUT2D eigenvalue weighted by Crippen LogP contribution is 2.13. The van der Waals surface area contributed by atoms with E-state index in [1.54, 1.807) is 6.07 Å². The van der Waals surface area contributed by atoms with Crippen molar-refractivity contribution in [2.45, 2.75) is 13.0 Å². The number of aryl methyl sites for hydroxylation is 2. The van der Waals surface area contributed by atoms with Gasteiger partial charge in [-0.3, -0.25) is 0 Å². The second kappa shape index (κ2) is 5.28. The number of hydrogen-bond donors (Lipinski definition) is 0. The van der Waals surface area contributed by atoms with Gasteiger partial charge in [0, 0.05) is 6.54 Å². The predicted molar refractivity (Wildman–Crippen MR) is 61.7 cm³/mol. The van der Waals surface area contributed by atoms with Crippen LogP contribution in [0, 0.1) is 34.3 Å². The fourth-order valence-corrected chi connectivity index (χ4v) is 1.73. The van der Waals surface area contributed by atoms with Crippen LogP contribution in [-0.2, 0) is 13.0 Å². The van der Waals surface area contributed by atoms with Crippen LogP contribution in [0.4, 0.5) is 8.78 Å². The highest BCUT2D eigenvalue weighted by molar-refractivity contribution is 5.36. The first kappa shape index (κ1) is 12.7. The highest BCUT2D eigenvalue weighted by Gasteiger charge is 2.12. The Kier molecular flexibility index (Phi) is 3.53. The number of imidazole rings is 1. The van der Waals surface area contributed by atoms with Gasteiger partial charge < -0.3 is 4.57 Å². The van der Waals surface area contributed by atoms with Gasteiger partial charge in [-0.2, -0.15) is 10.5 Å². The quantitative estimate of drug-likeness (QED) is 0.847. The van der Waals surface area contributed by atoms with Crippen LogP contribution in [0.1, 0.15) is 17.0 Å². The molecule has 0 saturated heterocycles. The molecule has 0 atom stereocenters. The van der Waals surface area contributed by atoms with E-state index in [0.29, 0.717) is 0 Å². The molecule has 0 aliphatic rings. The number of rotatable bonds is 3. The first-order chi connectivity index (χ1) is 9.17. The van der Waals surface area contributed by atoms with Crippen LogP contribution >= 0.6 is 0 Å². The molecule has 0 spiro atoms. The Labute approximate surface area is 108 Å². The number of hydrogen-bond acceptors (Lipinski definition) is 3. The maximum Gasteiger partial charge on any atom is 0.176 e. The first-order valence-corrected chi connectivity index (χ1v) is 5.45.